The van der Waals surface area contributed by atoms with Crippen LogP contribution in [-0.4, -0.2) is 9.97 Å². The number of nitrogen functional groups attached to an aromatic ring is 1. The number of aryl methyl sites for hydroxylation is 1. The van der Waals surface area contributed by atoms with E-state index in [-0.39, 0.29) is 5.76 Å². The smallest absolute Gasteiger partial charge is 0.247 e. The average Bonchev–Trinajstić information content (AvgIpc) is 2.82. The Labute approximate surface area is 120 Å². The number of benzene rings is 1. The van der Waals surface area contributed by atoms with Crippen LogP contribution in [0.4, 0.5) is 5.82 Å². The minimum atomic E-state index is 0.102. The number of aromatic nitrogens is 2. The van der Waals surface area contributed by atoms with Crippen molar-refractivity contribution in [2.45, 2.75) is 13.8 Å². The van der Waals surface area contributed by atoms with Gasteiger partial charge in [0, 0.05) is 0 Å². The summed E-state index contributed by atoms with van der Waals surface area (Å²) in [7, 11) is 0. The molecule has 0 fully saturated rings. The molecule has 0 spiro atoms. The van der Waals surface area contributed by atoms with Crippen LogP contribution in [0, 0.1) is 25.2 Å². The highest BCUT2D eigenvalue weighted by atomic mass is 16.5. The van der Waals surface area contributed by atoms with Gasteiger partial charge in [0.2, 0.25) is 11.6 Å². The van der Waals surface area contributed by atoms with E-state index in [1.165, 1.54) is 0 Å². The first-order valence-corrected chi connectivity index (χ1v) is 6.30. The first kappa shape index (κ1) is 12.9. The van der Waals surface area contributed by atoms with Gasteiger partial charge in [0.05, 0.1) is 10.9 Å². The van der Waals surface area contributed by atoms with Crippen molar-refractivity contribution >= 4 is 16.8 Å². The maximum absolute atomic E-state index is 9.19. The molecule has 6 nitrogen and oxygen atoms in total. The minimum absolute atomic E-state index is 0.102. The third-order valence-electron chi connectivity index (χ3n) is 3.10. The van der Waals surface area contributed by atoms with Gasteiger partial charge in [-0.3, -0.25) is 0 Å². The van der Waals surface area contributed by atoms with E-state index in [9.17, 15) is 5.26 Å². The van der Waals surface area contributed by atoms with Crippen LogP contribution in [0.3, 0.4) is 0 Å². The Morgan fingerprint density at radius 1 is 1.24 bits per heavy atom. The summed E-state index contributed by atoms with van der Waals surface area (Å²) in [6, 6.07) is 9.26. The first-order chi connectivity index (χ1) is 10.1. The molecule has 0 radical (unpaired) electrons. The molecule has 0 unspecified atom stereocenters. The molecule has 0 saturated heterocycles. The summed E-state index contributed by atoms with van der Waals surface area (Å²) in [4.78, 5) is 8.29. The number of rotatable bonds is 2. The number of hydrogen-bond donors (Lipinski definition) is 1. The van der Waals surface area contributed by atoms with Crippen LogP contribution in [-0.2, 0) is 0 Å². The standard InChI is InChI=1S/C15H12N4O2/c1-8-14(17)18-9(2)19-15(8)21-13-10-5-3-4-6-11(10)20-12(13)7-16/h3-6H,1-2H3,(H2,17,18,19). The van der Waals surface area contributed by atoms with Crippen molar-refractivity contribution in [3.63, 3.8) is 0 Å². The van der Waals surface area contributed by atoms with E-state index >= 15 is 0 Å². The number of ether oxygens (including phenoxy) is 1. The molecule has 6 heteroatoms. The lowest BCUT2D eigenvalue weighted by Crippen LogP contribution is -2.02. The molecule has 2 aromatic heterocycles. The fourth-order valence-electron chi connectivity index (χ4n) is 2.02. The van der Waals surface area contributed by atoms with E-state index in [2.05, 4.69) is 9.97 Å². The van der Waals surface area contributed by atoms with Crippen LogP contribution in [0.15, 0.2) is 28.7 Å². The second-order valence-electron chi connectivity index (χ2n) is 4.56. The van der Waals surface area contributed by atoms with Crippen molar-refractivity contribution in [1.29, 1.82) is 5.26 Å². The van der Waals surface area contributed by atoms with Crippen LogP contribution in [0.1, 0.15) is 17.1 Å². The summed E-state index contributed by atoms with van der Waals surface area (Å²) in [6.07, 6.45) is 0. The molecule has 0 aliphatic carbocycles. The largest absolute Gasteiger partial charge is 0.442 e. The lowest BCUT2D eigenvalue weighted by molar-refractivity contribution is 0.445. The van der Waals surface area contributed by atoms with Gasteiger partial charge in [-0.1, -0.05) is 12.1 Å². The van der Waals surface area contributed by atoms with Gasteiger partial charge in [-0.2, -0.15) is 10.2 Å². The zero-order valence-corrected chi connectivity index (χ0v) is 11.5. The molecule has 0 atom stereocenters. The molecule has 0 aliphatic heterocycles. The number of para-hydroxylation sites is 1. The lowest BCUT2D eigenvalue weighted by Gasteiger charge is -2.08. The zero-order valence-electron chi connectivity index (χ0n) is 11.5. The number of hydrogen-bond acceptors (Lipinski definition) is 6. The molecule has 3 aromatic rings. The third kappa shape index (κ3) is 2.15. The van der Waals surface area contributed by atoms with Crippen LogP contribution >= 0.6 is 0 Å². The summed E-state index contributed by atoms with van der Waals surface area (Å²) < 4.78 is 11.3. The monoisotopic (exact) mass is 280 g/mol. The lowest BCUT2D eigenvalue weighted by atomic mass is 10.2. The normalized spacial score (nSPS) is 10.5. The van der Waals surface area contributed by atoms with Crippen molar-refractivity contribution in [2.24, 2.45) is 0 Å². The number of fused-ring (bicyclic) bond motifs is 1. The Balaban J connectivity index is 2.17. The molecule has 0 saturated carbocycles. The SMILES string of the molecule is Cc1nc(N)c(C)c(Oc2c(C#N)oc3ccccc23)n1. The van der Waals surface area contributed by atoms with Crippen molar-refractivity contribution in [1.82, 2.24) is 9.97 Å². The second-order valence-corrected chi connectivity index (χ2v) is 4.56. The highest BCUT2D eigenvalue weighted by Gasteiger charge is 2.18. The van der Waals surface area contributed by atoms with Crippen molar-refractivity contribution in [3.8, 4) is 17.7 Å². The molecule has 104 valence electrons. The Kier molecular flexibility index (Phi) is 2.95. The maximum Gasteiger partial charge on any atom is 0.247 e. The number of nitrogens with zero attached hydrogens (tertiary/aromatic N) is 3. The van der Waals surface area contributed by atoms with E-state index in [0.717, 1.165) is 0 Å². The van der Waals surface area contributed by atoms with Gasteiger partial charge < -0.3 is 14.9 Å². The molecule has 2 N–H and O–H groups in total. The Bertz CT molecular complexity index is 877. The molecule has 21 heavy (non-hydrogen) atoms. The van der Waals surface area contributed by atoms with E-state index in [4.69, 9.17) is 14.9 Å². The second kappa shape index (κ2) is 4.80. The van der Waals surface area contributed by atoms with Gasteiger partial charge >= 0.3 is 0 Å². The molecular weight excluding hydrogens is 268 g/mol. The van der Waals surface area contributed by atoms with Crippen LogP contribution in [0.25, 0.3) is 11.0 Å². The highest BCUT2D eigenvalue weighted by Crippen LogP contribution is 2.36. The fraction of sp³-hybridized carbons (Fsp3) is 0.133. The maximum atomic E-state index is 9.19. The van der Waals surface area contributed by atoms with Gasteiger partial charge in [0.15, 0.2) is 5.75 Å². The predicted molar refractivity (Wildman–Crippen MR) is 76.9 cm³/mol. The summed E-state index contributed by atoms with van der Waals surface area (Å²) in [5, 5.41) is 9.91. The number of furan rings is 1. The van der Waals surface area contributed by atoms with Gasteiger partial charge in [-0.15, -0.1) is 0 Å². The minimum Gasteiger partial charge on any atom is -0.442 e. The molecule has 2 heterocycles. The highest BCUT2D eigenvalue weighted by molar-refractivity contribution is 5.86. The molecule has 0 aliphatic rings. The van der Waals surface area contributed by atoms with Gasteiger partial charge in [0.25, 0.3) is 0 Å². The number of anilines is 1. The number of nitriles is 1. The Morgan fingerprint density at radius 2 is 2.00 bits per heavy atom. The molecule has 0 bridgehead atoms. The topological polar surface area (TPSA) is 98.0 Å². The van der Waals surface area contributed by atoms with Gasteiger partial charge in [0.1, 0.15) is 23.3 Å². The fourth-order valence-corrected chi connectivity index (χ4v) is 2.02. The van der Waals surface area contributed by atoms with Crippen LogP contribution in [0.5, 0.6) is 11.6 Å². The van der Waals surface area contributed by atoms with E-state index < -0.39 is 0 Å². The summed E-state index contributed by atoms with van der Waals surface area (Å²) in [5.74, 6) is 1.62. The predicted octanol–water partition coefficient (Wildman–Crippen LogP) is 3.09. The van der Waals surface area contributed by atoms with E-state index in [0.29, 0.717) is 39.8 Å². The molecular formula is C15H12N4O2. The van der Waals surface area contributed by atoms with Crippen molar-refractivity contribution in [3.05, 3.63) is 41.4 Å². The third-order valence-corrected chi connectivity index (χ3v) is 3.10. The van der Waals surface area contributed by atoms with Crippen LogP contribution < -0.4 is 10.5 Å². The number of nitrogens with two attached hydrogens (primary N) is 1. The van der Waals surface area contributed by atoms with Gasteiger partial charge in [-0.25, -0.2) is 4.98 Å². The zero-order chi connectivity index (χ0) is 15.0. The first-order valence-electron chi connectivity index (χ1n) is 6.30. The summed E-state index contributed by atoms with van der Waals surface area (Å²) >= 11 is 0. The average molecular weight is 280 g/mol. The van der Waals surface area contributed by atoms with Crippen LogP contribution in [0.2, 0.25) is 0 Å². The Morgan fingerprint density at radius 3 is 2.76 bits per heavy atom. The quantitative estimate of drug-likeness (QED) is 0.774. The van der Waals surface area contributed by atoms with E-state index in [1.807, 2.05) is 24.3 Å². The summed E-state index contributed by atoms with van der Waals surface area (Å²) in [5.41, 5.74) is 7.02. The van der Waals surface area contributed by atoms with Crippen molar-refractivity contribution < 1.29 is 9.15 Å². The summed E-state index contributed by atoms with van der Waals surface area (Å²) in [6.45, 7) is 3.49. The Hall–Kier alpha value is -3.07. The molecule has 1 aromatic carbocycles. The van der Waals surface area contributed by atoms with Gasteiger partial charge in [-0.05, 0) is 26.0 Å². The van der Waals surface area contributed by atoms with Crippen molar-refractivity contribution in [2.75, 3.05) is 5.73 Å². The van der Waals surface area contributed by atoms with E-state index in [1.54, 1.807) is 19.9 Å². The molecule has 3 rings (SSSR count). The molecule has 0 amide bonds.